The number of benzene rings is 2. The summed E-state index contributed by atoms with van der Waals surface area (Å²) in [5, 5.41) is 9.13. The summed E-state index contributed by atoms with van der Waals surface area (Å²) >= 11 is 3.42. The Balaban J connectivity index is 1.92. The number of hydrogen-bond donors (Lipinski definition) is 0. The lowest BCUT2D eigenvalue weighted by molar-refractivity contribution is 0.207. The lowest BCUT2D eigenvalue weighted by Gasteiger charge is -2.16. The zero-order valence-electron chi connectivity index (χ0n) is 10.3. The highest BCUT2D eigenvalue weighted by molar-refractivity contribution is 9.10. The van der Waals surface area contributed by atoms with Gasteiger partial charge in [-0.1, -0.05) is 40.2 Å². The molecule has 2 aromatic carbocycles. The first-order valence-electron chi connectivity index (χ1n) is 6.22. The quantitative estimate of drug-likeness (QED) is 0.824. The van der Waals surface area contributed by atoms with Crippen LogP contribution in [-0.2, 0) is 6.42 Å². The molecule has 2 nitrogen and oxygen atoms in total. The Bertz CT molecular complexity index is 660. The maximum atomic E-state index is 9.13. The van der Waals surface area contributed by atoms with Crippen molar-refractivity contribution in [3.05, 3.63) is 63.6 Å². The van der Waals surface area contributed by atoms with Crippen molar-refractivity contribution in [2.45, 2.75) is 18.9 Å². The highest BCUT2D eigenvalue weighted by atomic mass is 79.9. The highest BCUT2D eigenvalue weighted by Gasteiger charge is 2.24. The molecule has 0 radical (unpaired) electrons. The van der Waals surface area contributed by atoms with Crippen LogP contribution >= 0.6 is 15.9 Å². The van der Waals surface area contributed by atoms with Gasteiger partial charge in [0.15, 0.2) is 0 Å². The minimum absolute atomic E-state index is 0.0533. The Hall–Kier alpha value is -1.79. The molecule has 0 unspecified atom stereocenters. The second-order valence-corrected chi connectivity index (χ2v) is 5.51. The average Bonchev–Trinajstić information content (AvgIpc) is 2.83. The molecule has 0 saturated carbocycles. The summed E-state index contributed by atoms with van der Waals surface area (Å²) in [5.74, 6) is 0.651. The largest absolute Gasteiger partial charge is 0.484 e. The molecule has 1 atom stereocenters. The van der Waals surface area contributed by atoms with Crippen LogP contribution in [0.3, 0.4) is 0 Å². The monoisotopic (exact) mass is 313 g/mol. The van der Waals surface area contributed by atoms with Crippen molar-refractivity contribution in [1.82, 2.24) is 0 Å². The Morgan fingerprint density at radius 1 is 1.21 bits per heavy atom. The molecule has 0 amide bonds. The first kappa shape index (κ1) is 12.3. The van der Waals surface area contributed by atoms with Gasteiger partial charge in [0.05, 0.1) is 5.56 Å². The Morgan fingerprint density at radius 2 is 2.05 bits per heavy atom. The van der Waals surface area contributed by atoms with Gasteiger partial charge >= 0.3 is 0 Å². The molecule has 0 bridgehead atoms. The SMILES string of the molecule is N#Cc1ccc(Br)cc1O[C@H]1CCc2ccccc21. The summed E-state index contributed by atoms with van der Waals surface area (Å²) in [7, 11) is 0. The molecule has 1 aliphatic rings. The number of halogens is 1. The van der Waals surface area contributed by atoms with E-state index in [2.05, 4.69) is 40.2 Å². The minimum atomic E-state index is 0.0533. The number of rotatable bonds is 2. The van der Waals surface area contributed by atoms with Crippen LogP contribution in [0.4, 0.5) is 0 Å². The van der Waals surface area contributed by atoms with E-state index in [0.29, 0.717) is 11.3 Å². The van der Waals surface area contributed by atoms with Crippen molar-refractivity contribution in [1.29, 1.82) is 5.26 Å². The Kier molecular flexibility index (Phi) is 3.27. The number of nitrogens with zero attached hydrogens (tertiary/aromatic N) is 1. The van der Waals surface area contributed by atoms with Crippen LogP contribution in [0.2, 0.25) is 0 Å². The summed E-state index contributed by atoms with van der Waals surface area (Å²) in [6.45, 7) is 0. The van der Waals surface area contributed by atoms with Crippen molar-refractivity contribution in [2.24, 2.45) is 0 Å². The molecule has 0 heterocycles. The average molecular weight is 314 g/mol. The van der Waals surface area contributed by atoms with Gasteiger partial charge in [-0.25, -0.2) is 0 Å². The number of aryl methyl sites for hydroxylation is 1. The van der Waals surface area contributed by atoms with Crippen LogP contribution < -0.4 is 4.74 Å². The van der Waals surface area contributed by atoms with E-state index >= 15 is 0 Å². The fourth-order valence-corrected chi connectivity index (χ4v) is 2.82. The van der Waals surface area contributed by atoms with Gasteiger partial charge in [-0.15, -0.1) is 0 Å². The molecule has 0 aliphatic heterocycles. The van der Waals surface area contributed by atoms with Gasteiger partial charge in [0.25, 0.3) is 0 Å². The van der Waals surface area contributed by atoms with Crippen LogP contribution in [0, 0.1) is 11.3 Å². The van der Waals surface area contributed by atoms with Gasteiger partial charge in [-0.2, -0.15) is 5.26 Å². The predicted molar refractivity (Wildman–Crippen MR) is 77.0 cm³/mol. The van der Waals surface area contributed by atoms with Crippen molar-refractivity contribution < 1.29 is 4.74 Å². The minimum Gasteiger partial charge on any atom is -0.484 e. The van der Waals surface area contributed by atoms with Crippen LogP contribution in [0.5, 0.6) is 5.75 Å². The van der Waals surface area contributed by atoms with Gasteiger partial charge in [-0.05, 0) is 42.2 Å². The van der Waals surface area contributed by atoms with Crippen LogP contribution in [-0.4, -0.2) is 0 Å². The van der Waals surface area contributed by atoms with Gasteiger partial charge in [-0.3, -0.25) is 0 Å². The lowest BCUT2D eigenvalue weighted by atomic mass is 10.1. The molecule has 2 aromatic rings. The van der Waals surface area contributed by atoms with Gasteiger partial charge < -0.3 is 4.74 Å². The number of ether oxygens (including phenoxy) is 1. The van der Waals surface area contributed by atoms with Crippen LogP contribution in [0.25, 0.3) is 0 Å². The van der Waals surface area contributed by atoms with E-state index in [1.807, 2.05) is 18.2 Å². The molecule has 0 saturated heterocycles. The molecule has 0 fully saturated rings. The molecule has 1 aliphatic carbocycles. The fourth-order valence-electron chi connectivity index (χ4n) is 2.48. The molecule has 94 valence electrons. The van der Waals surface area contributed by atoms with E-state index in [-0.39, 0.29) is 6.10 Å². The Morgan fingerprint density at radius 3 is 2.89 bits per heavy atom. The second kappa shape index (κ2) is 5.07. The third kappa shape index (κ3) is 2.36. The first-order valence-corrected chi connectivity index (χ1v) is 7.01. The third-order valence-corrected chi connectivity index (χ3v) is 3.90. The van der Waals surface area contributed by atoms with E-state index in [1.165, 1.54) is 11.1 Å². The van der Waals surface area contributed by atoms with Crippen molar-refractivity contribution in [2.75, 3.05) is 0 Å². The summed E-state index contributed by atoms with van der Waals surface area (Å²) < 4.78 is 6.98. The molecule has 3 heteroatoms. The van der Waals surface area contributed by atoms with E-state index in [9.17, 15) is 0 Å². The van der Waals surface area contributed by atoms with Crippen molar-refractivity contribution in [3.63, 3.8) is 0 Å². The van der Waals surface area contributed by atoms with Gasteiger partial charge in [0.2, 0.25) is 0 Å². The topological polar surface area (TPSA) is 33.0 Å². The third-order valence-electron chi connectivity index (χ3n) is 3.41. The van der Waals surface area contributed by atoms with Gasteiger partial charge in [0.1, 0.15) is 17.9 Å². The van der Waals surface area contributed by atoms with Crippen LogP contribution in [0.15, 0.2) is 46.9 Å². The molecular weight excluding hydrogens is 302 g/mol. The summed E-state index contributed by atoms with van der Waals surface area (Å²) in [4.78, 5) is 0. The zero-order chi connectivity index (χ0) is 13.2. The maximum absolute atomic E-state index is 9.13. The fraction of sp³-hybridized carbons (Fsp3) is 0.188. The molecule has 0 N–H and O–H groups in total. The summed E-state index contributed by atoms with van der Waals surface area (Å²) in [6.07, 6.45) is 2.06. The number of nitriles is 1. The number of fused-ring (bicyclic) bond motifs is 1. The van der Waals surface area contributed by atoms with E-state index < -0.39 is 0 Å². The number of hydrogen-bond acceptors (Lipinski definition) is 2. The predicted octanol–water partition coefficient (Wildman–Crippen LogP) is 4.39. The van der Waals surface area contributed by atoms with Crippen molar-refractivity contribution >= 4 is 15.9 Å². The molecular formula is C16H12BrNO. The van der Waals surface area contributed by atoms with Gasteiger partial charge in [0, 0.05) is 4.47 Å². The molecule has 0 spiro atoms. The second-order valence-electron chi connectivity index (χ2n) is 4.60. The van der Waals surface area contributed by atoms with E-state index in [0.717, 1.165) is 17.3 Å². The normalized spacial score (nSPS) is 16.7. The lowest BCUT2D eigenvalue weighted by Crippen LogP contribution is -2.04. The first-order chi connectivity index (χ1) is 9.28. The van der Waals surface area contributed by atoms with Crippen LogP contribution in [0.1, 0.15) is 29.2 Å². The smallest absolute Gasteiger partial charge is 0.139 e. The molecule has 3 rings (SSSR count). The van der Waals surface area contributed by atoms with E-state index in [4.69, 9.17) is 10.00 Å². The Labute approximate surface area is 120 Å². The molecule has 0 aromatic heterocycles. The van der Waals surface area contributed by atoms with E-state index in [1.54, 1.807) is 6.07 Å². The zero-order valence-corrected chi connectivity index (χ0v) is 11.9. The summed E-state index contributed by atoms with van der Waals surface area (Å²) in [6, 6.07) is 16.0. The highest BCUT2D eigenvalue weighted by Crippen LogP contribution is 2.36. The summed E-state index contributed by atoms with van der Waals surface area (Å²) in [5.41, 5.74) is 3.17. The van der Waals surface area contributed by atoms with Crippen molar-refractivity contribution in [3.8, 4) is 11.8 Å². The maximum Gasteiger partial charge on any atom is 0.139 e. The molecule has 19 heavy (non-hydrogen) atoms. The standard InChI is InChI=1S/C16H12BrNO/c17-13-7-5-12(10-18)16(9-13)19-15-8-6-11-3-1-2-4-14(11)15/h1-5,7,9,15H,6,8H2/t15-/m0/s1.